The number of ether oxygens (including phenoxy) is 3. The molecule has 0 aliphatic heterocycles. The minimum absolute atomic E-state index is 0.259. The normalized spacial score (nSPS) is 10.8. The van der Waals surface area contributed by atoms with Gasteiger partial charge in [-0.1, -0.05) is 89.5 Å². The van der Waals surface area contributed by atoms with Gasteiger partial charge in [0, 0.05) is 29.7 Å². The van der Waals surface area contributed by atoms with Gasteiger partial charge in [-0.2, -0.15) is 0 Å². The van der Waals surface area contributed by atoms with Crippen LogP contribution in [0, 0.1) is 0 Å². The number of methoxy groups -OCH3 is 1. The summed E-state index contributed by atoms with van der Waals surface area (Å²) in [6.45, 7) is 4.33. The van der Waals surface area contributed by atoms with Gasteiger partial charge in [-0.15, -0.1) is 0 Å². The first-order valence-corrected chi connectivity index (χ1v) is 12.1. The maximum Gasteiger partial charge on any atom is 0.311 e. The Morgan fingerprint density at radius 1 is 0.688 bits per heavy atom. The van der Waals surface area contributed by atoms with Gasteiger partial charge in [-0.25, -0.2) is 0 Å². The molecular weight excluding hydrogens is 404 g/mol. The highest BCUT2D eigenvalue weighted by Crippen LogP contribution is 2.42. The van der Waals surface area contributed by atoms with E-state index < -0.39 is 0 Å². The van der Waals surface area contributed by atoms with E-state index in [0.717, 1.165) is 43.9 Å². The first-order chi connectivity index (χ1) is 15.6. The molecule has 0 aliphatic rings. The van der Waals surface area contributed by atoms with E-state index in [0.29, 0.717) is 35.5 Å². The second-order valence-electron chi connectivity index (χ2n) is 8.23. The molecule has 2 rings (SSSR count). The van der Waals surface area contributed by atoms with Gasteiger partial charge in [0.2, 0.25) is 0 Å². The lowest BCUT2D eigenvalue weighted by atomic mass is 10.1. The average molecular weight is 443 g/mol. The fourth-order valence-corrected chi connectivity index (χ4v) is 3.72. The molecule has 32 heavy (non-hydrogen) atoms. The van der Waals surface area contributed by atoms with Crippen molar-refractivity contribution in [2.45, 2.75) is 90.9 Å². The number of fused-ring (bicyclic) bond motifs is 1. The Morgan fingerprint density at radius 3 is 1.78 bits per heavy atom. The van der Waals surface area contributed by atoms with Crippen molar-refractivity contribution in [2.24, 2.45) is 0 Å². The standard InChI is InChI=1S/C27H38O5/c1-4-6-8-10-12-18-25(28)31-23-20-24(30-3)27(22-17-15-14-16-21(22)23)32-26(29)19-13-11-9-7-5-2/h14-17,20H,4-13,18-19H2,1-3H3. The van der Waals surface area contributed by atoms with Crippen LogP contribution in [0.5, 0.6) is 17.2 Å². The molecule has 2 aromatic carbocycles. The van der Waals surface area contributed by atoms with Crippen LogP contribution in [0.2, 0.25) is 0 Å². The highest BCUT2D eigenvalue weighted by molar-refractivity contribution is 5.98. The van der Waals surface area contributed by atoms with E-state index in [4.69, 9.17) is 14.2 Å². The van der Waals surface area contributed by atoms with E-state index in [-0.39, 0.29) is 11.9 Å². The summed E-state index contributed by atoms with van der Waals surface area (Å²) >= 11 is 0. The van der Waals surface area contributed by atoms with Crippen LogP contribution in [0.3, 0.4) is 0 Å². The van der Waals surface area contributed by atoms with E-state index in [2.05, 4.69) is 13.8 Å². The number of rotatable bonds is 15. The molecule has 5 nitrogen and oxygen atoms in total. The highest BCUT2D eigenvalue weighted by Gasteiger charge is 2.19. The molecule has 0 unspecified atom stereocenters. The molecule has 0 N–H and O–H groups in total. The highest BCUT2D eigenvalue weighted by atomic mass is 16.6. The molecule has 0 radical (unpaired) electrons. The SMILES string of the molecule is CCCCCCCC(=O)Oc1cc(OC)c(OC(=O)CCCCCCC)c2ccccc12. The number of unbranched alkanes of at least 4 members (excludes halogenated alkanes) is 8. The Balaban J connectivity index is 2.10. The first kappa shape index (κ1) is 25.7. The van der Waals surface area contributed by atoms with Crippen LogP contribution < -0.4 is 14.2 Å². The van der Waals surface area contributed by atoms with Gasteiger partial charge in [0.15, 0.2) is 11.5 Å². The van der Waals surface area contributed by atoms with Crippen LogP contribution in [0.1, 0.15) is 90.9 Å². The number of hydrogen-bond donors (Lipinski definition) is 0. The van der Waals surface area contributed by atoms with E-state index in [9.17, 15) is 9.59 Å². The summed E-state index contributed by atoms with van der Waals surface area (Å²) in [5.74, 6) is 0.650. The average Bonchev–Trinajstić information content (AvgIpc) is 2.80. The Bertz CT molecular complexity index is 858. The van der Waals surface area contributed by atoms with Crippen LogP contribution >= 0.6 is 0 Å². The van der Waals surface area contributed by atoms with Crippen molar-refractivity contribution in [3.63, 3.8) is 0 Å². The summed E-state index contributed by atoms with van der Waals surface area (Å²) in [7, 11) is 1.52. The molecule has 0 aromatic heterocycles. The van der Waals surface area contributed by atoms with Crippen LogP contribution in [0.4, 0.5) is 0 Å². The molecule has 0 spiro atoms. The molecular formula is C27H38O5. The van der Waals surface area contributed by atoms with Crippen molar-refractivity contribution >= 4 is 22.7 Å². The molecule has 0 amide bonds. The third-order valence-corrected chi connectivity index (χ3v) is 5.55. The number of hydrogen-bond acceptors (Lipinski definition) is 5. The van der Waals surface area contributed by atoms with Gasteiger partial charge in [-0.05, 0) is 12.8 Å². The maximum absolute atomic E-state index is 12.4. The predicted molar refractivity (Wildman–Crippen MR) is 129 cm³/mol. The lowest BCUT2D eigenvalue weighted by Crippen LogP contribution is -2.11. The van der Waals surface area contributed by atoms with E-state index >= 15 is 0 Å². The molecule has 176 valence electrons. The van der Waals surface area contributed by atoms with Gasteiger partial charge in [0.1, 0.15) is 5.75 Å². The fourth-order valence-electron chi connectivity index (χ4n) is 3.72. The number of esters is 2. The van der Waals surface area contributed by atoms with Gasteiger partial charge in [0.05, 0.1) is 7.11 Å². The van der Waals surface area contributed by atoms with Gasteiger partial charge in [-0.3, -0.25) is 9.59 Å². The summed E-state index contributed by atoms with van der Waals surface area (Å²) in [6.07, 6.45) is 11.4. The largest absolute Gasteiger partial charge is 0.493 e. The lowest BCUT2D eigenvalue weighted by Gasteiger charge is -2.15. The van der Waals surface area contributed by atoms with Crippen molar-refractivity contribution in [3.05, 3.63) is 30.3 Å². The monoisotopic (exact) mass is 442 g/mol. The smallest absolute Gasteiger partial charge is 0.311 e. The first-order valence-electron chi connectivity index (χ1n) is 12.1. The lowest BCUT2D eigenvalue weighted by molar-refractivity contribution is -0.135. The number of benzene rings is 2. The van der Waals surface area contributed by atoms with Crippen LogP contribution in [-0.4, -0.2) is 19.0 Å². The van der Waals surface area contributed by atoms with E-state index in [1.165, 1.54) is 32.8 Å². The molecule has 5 heteroatoms. The van der Waals surface area contributed by atoms with Crippen LogP contribution in [-0.2, 0) is 9.59 Å². The Morgan fingerprint density at radius 2 is 1.22 bits per heavy atom. The van der Waals surface area contributed by atoms with Crippen LogP contribution in [0.15, 0.2) is 30.3 Å². The molecule has 0 aliphatic carbocycles. The van der Waals surface area contributed by atoms with Crippen molar-refractivity contribution in [1.29, 1.82) is 0 Å². The van der Waals surface area contributed by atoms with Gasteiger partial charge in [0.25, 0.3) is 0 Å². The Hall–Kier alpha value is -2.56. The zero-order valence-electron chi connectivity index (χ0n) is 19.9. The van der Waals surface area contributed by atoms with Gasteiger partial charge >= 0.3 is 11.9 Å². The van der Waals surface area contributed by atoms with Crippen molar-refractivity contribution in [2.75, 3.05) is 7.11 Å². The molecule has 0 saturated carbocycles. The zero-order chi connectivity index (χ0) is 23.2. The zero-order valence-corrected chi connectivity index (χ0v) is 19.9. The molecule has 0 fully saturated rings. The summed E-state index contributed by atoms with van der Waals surface area (Å²) in [5, 5.41) is 1.41. The Kier molecular flexibility index (Phi) is 11.6. The second-order valence-corrected chi connectivity index (χ2v) is 8.23. The minimum atomic E-state index is -0.276. The van der Waals surface area contributed by atoms with Crippen LogP contribution in [0.25, 0.3) is 10.8 Å². The molecule has 0 heterocycles. The third kappa shape index (κ3) is 8.18. The van der Waals surface area contributed by atoms with Crippen molar-refractivity contribution in [1.82, 2.24) is 0 Å². The fraction of sp³-hybridized carbons (Fsp3) is 0.556. The summed E-state index contributed by atoms with van der Waals surface area (Å²) in [5.41, 5.74) is 0. The maximum atomic E-state index is 12.4. The minimum Gasteiger partial charge on any atom is -0.493 e. The summed E-state index contributed by atoms with van der Waals surface area (Å²) < 4.78 is 16.9. The van der Waals surface area contributed by atoms with Crippen molar-refractivity contribution < 1.29 is 23.8 Å². The quantitative estimate of drug-likeness (QED) is 0.164. The second kappa shape index (κ2) is 14.5. The molecule has 2 aromatic rings. The third-order valence-electron chi connectivity index (χ3n) is 5.55. The number of carbonyl (C=O) groups is 2. The molecule has 0 saturated heterocycles. The van der Waals surface area contributed by atoms with Gasteiger partial charge < -0.3 is 14.2 Å². The Labute approximate surface area is 192 Å². The predicted octanol–water partition coefficient (Wildman–Crippen LogP) is 7.38. The van der Waals surface area contributed by atoms with E-state index in [1.807, 2.05) is 24.3 Å². The summed E-state index contributed by atoms with van der Waals surface area (Å²) in [6, 6.07) is 9.09. The summed E-state index contributed by atoms with van der Waals surface area (Å²) in [4.78, 5) is 24.8. The number of carbonyl (C=O) groups excluding carboxylic acids is 2. The molecule has 0 bridgehead atoms. The van der Waals surface area contributed by atoms with E-state index in [1.54, 1.807) is 6.07 Å². The van der Waals surface area contributed by atoms with Crippen molar-refractivity contribution in [3.8, 4) is 17.2 Å². The molecule has 0 atom stereocenters. The topological polar surface area (TPSA) is 61.8 Å².